The highest BCUT2D eigenvalue weighted by Crippen LogP contribution is 2.40. The summed E-state index contributed by atoms with van der Waals surface area (Å²) in [6, 6.07) is 21.5. The quantitative estimate of drug-likeness (QED) is 0.439. The van der Waals surface area contributed by atoms with Gasteiger partial charge in [0.1, 0.15) is 0 Å². The lowest BCUT2D eigenvalue weighted by molar-refractivity contribution is 0.659. The van der Waals surface area contributed by atoms with Gasteiger partial charge in [-0.1, -0.05) is 60.2 Å². The van der Waals surface area contributed by atoms with E-state index in [2.05, 4.69) is 83.8 Å². The number of rotatable bonds is 7. The lowest BCUT2D eigenvalue weighted by Gasteiger charge is -2.25. The molecule has 0 aliphatic heterocycles. The molecular formula is C23H25N. The van der Waals surface area contributed by atoms with Crippen LogP contribution in [0.1, 0.15) is 25.7 Å². The van der Waals surface area contributed by atoms with Crippen molar-refractivity contribution in [1.29, 1.82) is 0 Å². The van der Waals surface area contributed by atoms with Gasteiger partial charge in [-0.15, -0.1) is 0 Å². The summed E-state index contributed by atoms with van der Waals surface area (Å²) < 4.78 is 0. The van der Waals surface area contributed by atoms with E-state index in [1.807, 2.05) is 0 Å². The zero-order valence-electron chi connectivity index (χ0n) is 14.1. The van der Waals surface area contributed by atoms with Crippen LogP contribution in [0.2, 0.25) is 0 Å². The van der Waals surface area contributed by atoms with E-state index in [0.717, 1.165) is 18.4 Å². The summed E-state index contributed by atoms with van der Waals surface area (Å²) in [4.78, 5) is 2.44. The van der Waals surface area contributed by atoms with Crippen LogP contribution in [0.3, 0.4) is 0 Å². The molecule has 2 atom stereocenters. The van der Waals surface area contributed by atoms with Crippen molar-refractivity contribution in [2.75, 3.05) is 11.4 Å². The highest BCUT2D eigenvalue weighted by Gasteiger charge is 2.27. The fraction of sp³-hybridized carbons (Fsp3) is 0.304. The van der Waals surface area contributed by atoms with Crippen LogP contribution in [0.25, 0.3) is 0 Å². The number of para-hydroxylation sites is 2. The molecule has 0 fully saturated rings. The minimum absolute atomic E-state index is 0.745. The maximum Gasteiger partial charge on any atom is 0.0410 e. The van der Waals surface area contributed by atoms with Gasteiger partial charge in [-0.25, -0.2) is 0 Å². The summed E-state index contributed by atoms with van der Waals surface area (Å²) in [6.07, 6.45) is 12.4. The van der Waals surface area contributed by atoms with Gasteiger partial charge < -0.3 is 4.90 Å². The number of hydrogen-bond acceptors (Lipinski definition) is 1. The largest absolute Gasteiger partial charge is 0.341 e. The number of anilines is 2. The summed E-state index contributed by atoms with van der Waals surface area (Å²) in [5, 5.41) is 0. The molecule has 1 nitrogen and oxygen atoms in total. The van der Waals surface area contributed by atoms with Gasteiger partial charge in [0.05, 0.1) is 0 Å². The Bertz CT molecular complexity index is 675. The van der Waals surface area contributed by atoms with E-state index in [1.54, 1.807) is 5.57 Å². The van der Waals surface area contributed by atoms with Crippen molar-refractivity contribution in [1.82, 2.24) is 0 Å². The molecule has 0 saturated heterocycles. The van der Waals surface area contributed by atoms with Crippen LogP contribution in [0.15, 0.2) is 84.5 Å². The van der Waals surface area contributed by atoms with Crippen molar-refractivity contribution in [3.8, 4) is 0 Å². The van der Waals surface area contributed by atoms with E-state index in [9.17, 15) is 0 Å². The topological polar surface area (TPSA) is 3.24 Å². The van der Waals surface area contributed by atoms with Gasteiger partial charge >= 0.3 is 0 Å². The minimum atomic E-state index is 0.745. The van der Waals surface area contributed by atoms with Crippen molar-refractivity contribution in [3.05, 3.63) is 84.5 Å². The Morgan fingerprint density at radius 1 is 0.792 bits per heavy atom. The molecule has 4 rings (SSSR count). The van der Waals surface area contributed by atoms with Crippen LogP contribution < -0.4 is 4.90 Å². The van der Waals surface area contributed by atoms with Crippen LogP contribution >= 0.6 is 0 Å². The van der Waals surface area contributed by atoms with E-state index in [-0.39, 0.29) is 0 Å². The van der Waals surface area contributed by atoms with Gasteiger partial charge in [0, 0.05) is 17.9 Å². The molecule has 24 heavy (non-hydrogen) atoms. The molecule has 2 aliphatic carbocycles. The first-order chi connectivity index (χ1) is 11.9. The average molecular weight is 315 g/mol. The Balaban J connectivity index is 1.37. The van der Waals surface area contributed by atoms with Crippen molar-refractivity contribution >= 4 is 11.4 Å². The molecular weight excluding hydrogens is 290 g/mol. The number of benzene rings is 2. The maximum atomic E-state index is 2.51. The Labute approximate surface area is 145 Å². The molecule has 2 aromatic rings. The molecule has 0 heterocycles. The predicted molar refractivity (Wildman–Crippen MR) is 103 cm³/mol. The summed E-state index contributed by atoms with van der Waals surface area (Å²) in [6.45, 7) is 1.07. The van der Waals surface area contributed by atoms with Crippen LogP contribution in [-0.2, 0) is 0 Å². The first-order valence-corrected chi connectivity index (χ1v) is 9.17. The highest BCUT2D eigenvalue weighted by molar-refractivity contribution is 5.62. The third-order valence-corrected chi connectivity index (χ3v) is 5.25. The third-order valence-electron chi connectivity index (χ3n) is 5.25. The Morgan fingerprint density at radius 2 is 1.46 bits per heavy atom. The predicted octanol–water partition coefficient (Wildman–Crippen LogP) is 6.13. The zero-order chi connectivity index (χ0) is 16.2. The van der Waals surface area contributed by atoms with Crippen molar-refractivity contribution in [2.45, 2.75) is 25.7 Å². The second kappa shape index (κ2) is 7.09. The van der Waals surface area contributed by atoms with Crippen LogP contribution in [-0.4, -0.2) is 6.54 Å². The Hall–Kier alpha value is -2.28. The van der Waals surface area contributed by atoms with Crippen LogP contribution in [0, 0.1) is 11.8 Å². The third kappa shape index (κ3) is 3.31. The Morgan fingerprint density at radius 3 is 2.00 bits per heavy atom. The highest BCUT2D eigenvalue weighted by atomic mass is 15.1. The SMILES string of the molecule is C1=CC2CC1C=C2CCCCN(c1ccccc1)c1ccccc1. The summed E-state index contributed by atoms with van der Waals surface area (Å²) >= 11 is 0. The lowest BCUT2D eigenvalue weighted by Crippen LogP contribution is -2.18. The fourth-order valence-electron chi connectivity index (χ4n) is 4.02. The number of hydrogen-bond donors (Lipinski definition) is 0. The summed E-state index contributed by atoms with van der Waals surface area (Å²) in [5.74, 6) is 1.50. The van der Waals surface area contributed by atoms with Crippen LogP contribution in [0.4, 0.5) is 11.4 Å². The first kappa shape index (κ1) is 15.3. The molecule has 122 valence electrons. The van der Waals surface area contributed by atoms with Crippen molar-refractivity contribution in [3.63, 3.8) is 0 Å². The van der Waals surface area contributed by atoms with Gasteiger partial charge in [-0.2, -0.15) is 0 Å². The molecule has 2 aliphatic rings. The second-order valence-corrected chi connectivity index (χ2v) is 6.91. The fourth-order valence-corrected chi connectivity index (χ4v) is 4.02. The van der Waals surface area contributed by atoms with Crippen molar-refractivity contribution < 1.29 is 0 Å². The monoisotopic (exact) mass is 315 g/mol. The first-order valence-electron chi connectivity index (χ1n) is 9.17. The maximum absolute atomic E-state index is 2.51. The number of fused-ring (bicyclic) bond motifs is 2. The second-order valence-electron chi connectivity index (χ2n) is 6.91. The molecule has 0 amide bonds. The molecule has 2 aromatic carbocycles. The summed E-state index contributed by atoms with van der Waals surface area (Å²) in [7, 11) is 0. The molecule has 2 unspecified atom stereocenters. The van der Waals surface area contributed by atoms with E-state index in [0.29, 0.717) is 0 Å². The average Bonchev–Trinajstić information content (AvgIpc) is 3.26. The minimum Gasteiger partial charge on any atom is -0.341 e. The van der Waals surface area contributed by atoms with Gasteiger partial charge in [0.25, 0.3) is 0 Å². The summed E-state index contributed by atoms with van der Waals surface area (Å²) in [5.41, 5.74) is 4.25. The standard InChI is InChI=1S/C23H25N/c1-3-10-22(11-4-1)24(23-12-5-2-6-13-23)16-8-7-9-20-17-19-14-15-21(20)18-19/h1-6,10-15,17,19,21H,7-9,16,18H2. The molecule has 2 bridgehead atoms. The lowest BCUT2D eigenvalue weighted by atomic mass is 9.97. The number of unbranched alkanes of at least 4 members (excludes halogenated alkanes) is 1. The molecule has 0 saturated carbocycles. The van der Waals surface area contributed by atoms with Gasteiger partial charge in [0.15, 0.2) is 0 Å². The molecule has 1 heteroatoms. The van der Waals surface area contributed by atoms with Gasteiger partial charge in [-0.05, 0) is 61.8 Å². The number of allylic oxidation sites excluding steroid dienone is 4. The van der Waals surface area contributed by atoms with E-state index in [4.69, 9.17) is 0 Å². The van der Waals surface area contributed by atoms with Gasteiger partial charge in [0.2, 0.25) is 0 Å². The molecule has 0 aromatic heterocycles. The van der Waals surface area contributed by atoms with Crippen molar-refractivity contribution in [2.24, 2.45) is 11.8 Å². The molecule has 0 radical (unpaired) electrons. The normalized spacial score (nSPS) is 21.1. The smallest absolute Gasteiger partial charge is 0.0410 e. The van der Waals surface area contributed by atoms with E-state index < -0.39 is 0 Å². The van der Waals surface area contributed by atoms with Crippen LogP contribution in [0.5, 0.6) is 0 Å². The zero-order valence-corrected chi connectivity index (χ0v) is 14.1. The van der Waals surface area contributed by atoms with E-state index >= 15 is 0 Å². The van der Waals surface area contributed by atoms with E-state index in [1.165, 1.54) is 37.1 Å². The molecule has 0 N–H and O–H groups in total. The number of nitrogens with zero attached hydrogens (tertiary/aromatic N) is 1. The van der Waals surface area contributed by atoms with Gasteiger partial charge in [-0.3, -0.25) is 0 Å². The molecule has 0 spiro atoms. The Kier molecular flexibility index (Phi) is 4.51.